The second kappa shape index (κ2) is 5.99. The molecule has 23 heavy (non-hydrogen) atoms. The summed E-state index contributed by atoms with van der Waals surface area (Å²) in [6.45, 7) is 4.74. The summed E-state index contributed by atoms with van der Waals surface area (Å²) in [6.07, 6.45) is 3.51. The van der Waals surface area contributed by atoms with Crippen molar-refractivity contribution in [3.8, 4) is 0 Å². The zero-order valence-electron chi connectivity index (χ0n) is 13.4. The zero-order chi connectivity index (χ0) is 17.4. The van der Waals surface area contributed by atoms with E-state index < -0.39 is 22.8 Å². The monoisotopic (exact) mass is 340 g/mol. The van der Waals surface area contributed by atoms with Gasteiger partial charge < -0.3 is 5.11 Å². The van der Waals surface area contributed by atoms with E-state index in [1.807, 2.05) is 0 Å². The Morgan fingerprint density at radius 2 is 2.00 bits per heavy atom. The Kier molecular flexibility index (Phi) is 4.57. The van der Waals surface area contributed by atoms with Crippen molar-refractivity contribution in [2.24, 2.45) is 5.41 Å². The fraction of sp³-hybridized carbons (Fsp3) is 0.600. The molecule has 0 bridgehead atoms. The molecule has 0 spiro atoms. The predicted molar refractivity (Wildman–Crippen MR) is 84.2 cm³/mol. The fourth-order valence-corrected chi connectivity index (χ4v) is 3.78. The van der Waals surface area contributed by atoms with E-state index in [4.69, 9.17) is 0 Å². The van der Waals surface area contributed by atoms with Crippen LogP contribution in [-0.4, -0.2) is 55.9 Å². The molecule has 7 nitrogen and oxygen atoms in total. The van der Waals surface area contributed by atoms with Gasteiger partial charge in [-0.05, 0) is 25.8 Å². The van der Waals surface area contributed by atoms with E-state index >= 15 is 0 Å². The smallest absolute Gasteiger partial charge is 0.335 e. The van der Waals surface area contributed by atoms with Crippen LogP contribution >= 0.6 is 11.8 Å². The van der Waals surface area contributed by atoms with Crippen molar-refractivity contribution in [1.82, 2.24) is 10.0 Å². The third kappa shape index (κ3) is 2.54. The Morgan fingerprint density at radius 1 is 1.35 bits per heavy atom. The van der Waals surface area contributed by atoms with Gasteiger partial charge in [0.25, 0.3) is 11.8 Å². The molecule has 2 amide bonds. The van der Waals surface area contributed by atoms with E-state index in [0.717, 1.165) is 16.8 Å². The number of carbonyl (C=O) groups is 4. The van der Waals surface area contributed by atoms with E-state index in [1.165, 1.54) is 24.9 Å². The lowest BCUT2D eigenvalue weighted by atomic mass is 9.81. The van der Waals surface area contributed by atoms with Crippen molar-refractivity contribution in [3.63, 3.8) is 0 Å². The minimum Gasteiger partial charge on any atom is -0.479 e. The first kappa shape index (κ1) is 17.5. The molecule has 2 unspecified atom stereocenters. The SMILES string of the molecule is CCC1(CCSC(C)=O)C(=O)N2CC=CC(C)(C(=O)O)N2C1=O. The first-order valence-electron chi connectivity index (χ1n) is 7.41. The number of hydrogen-bond acceptors (Lipinski definition) is 5. The lowest BCUT2D eigenvalue weighted by Gasteiger charge is -2.40. The molecule has 0 aliphatic carbocycles. The van der Waals surface area contributed by atoms with Crippen molar-refractivity contribution in [2.45, 2.75) is 39.2 Å². The van der Waals surface area contributed by atoms with Gasteiger partial charge in [0, 0.05) is 12.7 Å². The highest BCUT2D eigenvalue weighted by Crippen LogP contribution is 2.43. The van der Waals surface area contributed by atoms with Gasteiger partial charge in [-0.25, -0.2) is 14.8 Å². The van der Waals surface area contributed by atoms with Crippen LogP contribution < -0.4 is 0 Å². The van der Waals surface area contributed by atoms with E-state index in [0.29, 0.717) is 5.75 Å². The molecule has 2 aliphatic rings. The summed E-state index contributed by atoms with van der Waals surface area (Å²) in [7, 11) is 0. The van der Waals surface area contributed by atoms with E-state index in [9.17, 15) is 24.3 Å². The molecule has 8 heteroatoms. The van der Waals surface area contributed by atoms with Gasteiger partial charge in [0.2, 0.25) is 0 Å². The van der Waals surface area contributed by atoms with Gasteiger partial charge >= 0.3 is 5.97 Å². The number of carboxylic acid groups (broad SMARTS) is 1. The van der Waals surface area contributed by atoms with Crippen LogP contribution in [0.3, 0.4) is 0 Å². The molecular weight excluding hydrogens is 320 g/mol. The molecule has 2 aliphatic heterocycles. The van der Waals surface area contributed by atoms with Crippen LogP contribution in [0, 0.1) is 5.41 Å². The minimum absolute atomic E-state index is 0.0794. The molecule has 0 aromatic carbocycles. The molecule has 0 aromatic rings. The number of hydrazine groups is 1. The Hall–Kier alpha value is -1.83. The predicted octanol–water partition coefficient (Wildman–Crippen LogP) is 1.05. The number of nitrogens with zero attached hydrogens (tertiary/aromatic N) is 2. The number of fused-ring (bicyclic) bond motifs is 1. The van der Waals surface area contributed by atoms with Crippen molar-refractivity contribution < 1.29 is 24.3 Å². The average Bonchev–Trinajstić information content (AvgIpc) is 2.70. The number of amides is 2. The molecule has 0 radical (unpaired) electrons. The number of hydrogen-bond donors (Lipinski definition) is 1. The highest BCUT2D eigenvalue weighted by atomic mass is 32.2. The van der Waals surface area contributed by atoms with Crippen LogP contribution in [0.15, 0.2) is 12.2 Å². The lowest BCUT2D eigenvalue weighted by Crippen LogP contribution is -2.60. The molecule has 2 rings (SSSR count). The summed E-state index contributed by atoms with van der Waals surface area (Å²) in [6, 6.07) is 0. The maximum Gasteiger partial charge on any atom is 0.335 e. The highest BCUT2D eigenvalue weighted by Gasteiger charge is 2.62. The Morgan fingerprint density at radius 3 is 2.52 bits per heavy atom. The molecule has 0 saturated carbocycles. The summed E-state index contributed by atoms with van der Waals surface area (Å²) < 4.78 is 0. The Bertz CT molecular complexity index is 605. The van der Waals surface area contributed by atoms with Gasteiger partial charge in [-0.1, -0.05) is 24.8 Å². The van der Waals surface area contributed by atoms with Crippen LogP contribution in [-0.2, 0) is 19.2 Å². The molecule has 1 saturated heterocycles. The van der Waals surface area contributed by atoms with Crippen molar-refractivity contribution in [2.75, 3.05) is 12.3 Å². The van der Waals surface area contributed by atoms with Gasteiger partial charge in [0.1, 0.15) is 5.41 Å². The van der Waals surface area contributed by atoms with Gasteiger partial charge in [0.05, 0.1) is 6.54 Å². The van der Waals surface area contributed by atoms with Crippen molar-refractivity contribution >= 4 is 34.7 Å². The van der Waals surface area contributed by atoms with E-state index in [-0.39, 0.29) is 30.4 Å². The zero-order valence-corrected chi connectivity index (χ0v) is 14.2. The highest BCUT2D eigenvalue weighted by molar-refractivity contribution is 8.13. The second-order valence-corrected chi connectivity index (χ2v) is 7.16. The third-order valence-electron chi connectivity index (χ3n) is 4.52. The summed E-state index contributed by atoms with van der Waals surface area (Å²) in [5.74, 6) is -1.72. The average molecular weight is 340 g/mol. The number of carboxylic acids is 1. The first-order chi connectivity index (χ1) is 10.7. The number of rotatable bonds is 5. The second-order valence-electron chi connectivity index (χ2n) is 5.88. The molecular formula is C15H20N2O5S. The van der Waals surface area contributed by atoms with Crippen molar-refractivity contribution in [3.05, 3.63) is 12.2 Å². The number of aliphatic carboxylic acids is 1. The van der Waals surface area contributed by atoms with Gasteiger partial charge in [-0.3, -0.25) is 14.4 Å². The molecule has 2 heterocycles. The fourth-order valence-electron chi connectivity index (χ4n) is 3.04. The van der Waals surface area contributed by atoms with Crippen LogP contribution in [0.5, 0.6) is 0 Å². The largest absolute Gasteiger partial charge is 0.479 e. The Balaban J connectivity index is 2.38. The van der Waals surface area contributed by atoms with E-state index in [1.54, 1.807) is 13.0 Å². The molecule has 1 fully saturated rings. The van der Waals surface area contributed by atoms with Crippen LogP contribution in [0.4, 0.5) is 0 Å². The molecule has 1 N–H and O–H groups in total. The summed E-state index contributed by atoms with van der Waals surface area (Å²) in [5.41, 5.74) is -2.86. The normalized spacial score (nSPS) is 29.9. The maximum absolute atomic E-state index is 13.0. The molecule has 126 valence electrons. The van der Waals surface area contributed by atoms with Crippen LogP contribution in [0.2, 0.25) is 0 Å². The quantitative estimate of drug-likeness (QED) is 0.594. The lowest BCUT2D eigenvalue weighted by molar-refractivity contribution is -0.171. The first-order valence-corrected chi connectivity index (χ1v) is 8.40. The van der Waals surface area contributed by atoms with Crippen molar-refractivity contribution in [1.29, 1.82) is 0 Å². The van der Waals surface area contributed by atoms with Crippen LogP contribution in [0.25, 0.3) is 0 Å². The Labute approximate surface area is 138 Å². The standard InChI is InChI=1S/C15H20N2O5S/c1-4-15(7-9-23-10(2)18)11(19)16-8-5-6-14(3,13(21)22)17(16)12(15)20/h5-6H,4,7-9H2,1-3H3,(H,21,22). The van der Waals surface area contributed by atoms with E-state index in [2.05, 4.69) is 0 Å². The molecule has 2 atom stereocenters. The number of thioether (sulfide) groups is 1. The number of carbonyl (C=O) groups excluding carboxylic acids is 3. The van der Waals surface area contributed by atoms with Gasteiger partial charge in [-0.2, -0.15) is 0 Å². The van der Waals surface area contributed by atoms with Crippen LogP contribution in [0.1, 0.15) is 33.6 Å². The third-order valence-corrected chi connectivity index (χ3v) is 5.33. The van der Waals surface area contributed by atoms with Gasteiger partial charge in [0.15, 0.2) is 10.7 Å². The summed E-state index contributed by atoms with van der Waals surface area (Å²) in [5, 5.41) is 11.7. The summed E-state index contributed by atoms with van der Waals surface area (Å²) >= 11 is 1.06. The minimum atomic E-state index is -1.57. The maximum atomic E-state index is 13.0. The topological polar surface area (TPSA) is 95.0 Å². The van der Waals surface area contributed by atoms with Gasteiger partial charge in [-0.15, -0.1) is 0 Å². The summed E-state index contributed by atoms with van der Waals surface area (Å²) in [4.78, 5) is 48.5. The molecule has 0 aromatic heterocycles.